The first kappa shape index (κ1) is 24.0. The molecule has 9 heteroatoms. The third-order valence-corrected chi connectivity index (χ3v) is 5.88. The van der Waals surface area contributed by atoms with Crippen LogP contribution < -0.4 is 10.5 Å². The number of rotatable bonds is 10. The molecule has 0 spiro atoms. The largest absolute Gasteiger partial charge is 0.493 e. The van der Waals surface area contributed by atoms with Gasteiger partial charge in [0.2, 0.25) is 5.95 Å². The molecule has 0 fully saturated rings. The van der Waals surface area contributed by atoms with Gasteiger partial charge >= 0.3 is 6.18 Å². The number of nitrogens with zero attached hydrogens (tertiary/aromatic N) is 2. The normalized spacial score (nSPS) is 11.7. The zero-order chi connectivity index (χ0) is 23.1. The maximum Gasteiger partial charge on any atom is 0.419 e. The summed E-state index contributed by atoms with van der Waals surface area (Å²) in [5, 5.41) is 0.191. The van der Waals surface area contributed by atoms with Gasteiger partial charge in [-0.2, -0.15) is 17.6 Å². The molecule has 0 saturated heterocycles. The van der Waals surface area contributed by atoms with Gasteiger partial charge in [-0.3, -0.25) is 0 Å². The van der Waals surface area contributed by atoms with Crippen LogP contribution in [0, 0.1) is 5.95 Å². The Morgan fingerprint density at radius 3 is 2.41 bits per heavy atom. The topological polar surface area (TPSA) is 61.0 Å². The first-order valence-corrected chi connectivity index (χ1v) is 11.3. The summed E-state index contributed by atoms with van der Waals surface area (Å²) in [7, 11) is 0. The lowest BCUT2D eigenvalue weighted by Crippen LogP contribution is -2.09. The molecule has 2 heterocycles. The summed E-state index contributed by atoms with van der Waals surface area (Å²) >= 11 is 1.06. The van der Waals surface area contributed by atoms with E-state index < -0.39 is 17.7 Å². The summed E-state index contributed by atoms with van der Waals surface area (Å²) in [6.07, 6.45) is 2.81. The number of alkyl halides is 3. The first-order chi connectivity index (χ1) is 15.3. The lowest BCUT2D eigenvalue weighted by Gasteiger charge is -2.15. The summed E-state index contributed by atoms with van der Waals surface area (Å²) in [5.41, 5.74) is 6.10. The number of unbranched alkanes of at least 4 members (excludes halogenated alkanes) is 5. The molecule has 32 heavy (non-hydrogen) atoms. The van der Waals surface area contributed by atoms with Crippen molar-refractivity contribution < 1.29 is 22.3 Å². The third-order valence-electron chi connectivity index (χ3n) is 4.95. The van der Waals surface area contributed by atoms with Crippen molar-refractivity contribution >= 4 is 16.5 Å². The van der Waals surface area contributed by atoms with Crippen molar-refractivity contribution in [3.63, 3.8) is 0 Å². The van der Waals surface area contributed by atoms with Gasteiger partial charge < -0.3 is 10.5 Å². The lowest BCUT2D eigenvalue weighted by molar-refractivity contribution is -0.138. The van der Waals surface area contributed by atoms with Crippen LogP contribution in [0.15, 0.2) is 36.5 Å². The number of halogens is 4. The average Bonchev–Trinajstić information content (AvgIpc) is 3.14. The number of aromatic nitrogens is 2. The van der Waals surface area contributed by atoms with E-state index in [4.69, 9.17) is 10.5 Å². The van der Waals surface area contributed by atoms with E-state index >= 15 is 0 Å². The molecule has 172 valence electrons. The van der Waals surface area contributed by atoms with Gasteiger partial charge in [0.25, 0.3) is 0 Å². The molecular weight excluding hydrogens is 442 g/mol. The van der Waals surface area contributed by atoms with Crippen LogP contribution in [-0.4, -0.2) is 16.6 Å². The minimum absolute atomic E-state index is 0.191. The van der Waals surface area contributed by atoms with Crippen molar-refractivity contribution in [2.45, 2.75) is 51.6 Å². The number of ether oxygens (including phenoxy) is 1. The molecule has 0 aliphatic carbocycles. The molecule has 0 radical (unpaired) electrons. The van der Waals surface area contributed by atoms with E-state index in [-0.39, 0.29) is 17.5 Å². The molecule has 0 aliphatic rings. The summed E-state index contributed by atoms with van der Waals surface area (Å²) < 4.78 is 59.9. The monoisotopic (exact) mass is 467 g/mol. The number of anilines is 1. The fourth-order valence-corrected chi connectivity index (χ4v) is 4.18. The van der Waals surface area contributed by atoms with Gasteiger partial charge in [0.05, 0.1) is 22.7 Å². The van der Waals surface area contributed by atoms with Crippen LogP contribution in [0.1, 0.15) is 51.0 Å². The maximum absolute atomic E-state index is 13.8. The second-order valence-corrected chi connectivity index (χ2v) is 8.46. The molecular formula is C23H25F4N3OS. The van der Waals surface area contributed by atoms with E-state index in [0.29, 0.717) is 28.1 Å². The summed E-state index contributed by atoms with van der Waals surface area (Å²) in [6.45, 7) is 2.36. The van der Waals surface area contributed by atoms with E-state index in [1.54, 1.807) is 6.07 Å². The minimum atomic E-state index is -4.58. The van der Waals surface area contributed by atoms with Crippen molar-refractivity contribution in [2.75, 3.05) is 12.3 Å². The molecule has 1 aromatic carbocycles. The van der Waals surface area contributed by atoms with Gasteiger partial charge in [-0.25, -0.2) is 9.97 Å². The molecule has 2 aromatic heterocycles. The fourth-order valence-electron chi connectivity index (χ4n) is 3.33. The zero-order valence-electron chi connectivity index (χ0n) is 17.7. The number of nitrogens with two attached hydrogens (primary N) is 1. The van der Waals surface area contributed by atoms with E-state index in [2.05, 4.69) is 16.9 Å². The summed E-state index contributed by atoms with van der Waals surface area (Å²) in [5.74, 6) is -0.859. The standard InChI is InChI=1S/C23H25F4N3OS/c1-2-3-4-5-6-7-12-31-18-10-8-15(13-17(18)23(25,26)27)21-20(30-22(28)32-21)16-9-11-19(24)29-14-16/h8-11,13-14H,2-7,12H2,1H3,(H2,28,30). The number of nitrogen functional groups attached to an aromatic ring is 1. The van der Waals surface area contributed by atoms with E-state index in [0.717, 1.165) is 49.2 Å². The van der Waals surface area contributed by atoms with Crippen LogP contribution >= 0.6 is 11.3 Å². The molecule has 0 saturated carbocycles. The van der Waals surface area contributed by atoms with Crippen LogP contribution in [0.3, 0.4) is 0 Å². The molecule has 2 N–H and O–H groups in total. The van der Waals surface area contributed by atoms with E-state index in [1.165, 1.54) is 24.8 Å². The Kier molecular flexibility index (Phi) is 8.06. The molecule has 0 atom stereocenters. The highest BCUT2D eigenvalue weighted by molar-refractivity contribution is 7.19. The van der Waals surface area contributed by atoms with Crippen LogP contribution in [0.25, 0.3) is 21.7 Å². The molecule has 0 aliphatic heterocycles. The molecule has 3 rings (SSSR count). The van der Waals surface area contributed by atoms with Crippen LogP contribution in [0.5, 0.6) is 5.75 Å². The smallest absolute Gasteiger partial charge is 0.419 e. The zero-order valence-corrected chi connectivity index (χ0v) is 18.5. The van der Waals surface area contributed by atoms with Gasteiger partial charge in [0.15, 0.2) is 5.13 Å². The van der Waals surface area contributed by atoms with Crippen LogP contribution in [-0.2, 0) is 6.18 Å². The van der Waals surface area contributed by atoms with Gasteiger partial charge in [-0.15, -0.1) is 0 Å². The number of benzene rings is 1. The van der Waals surface area contributed by atoms with Gasteiger partial charge in [-0.1, -0.05) is 50.4 Å². The molecule has 0 bridgehead atoms. The van der Waals surface area contributed by atoms with Gasteiger partial charge in [-0.05, 0) is 42.3 Å². The van der Waals surface area contributed by atoms with E-state index in [1.807, 2.05) is 0 Å². The number of pyridine rings is 1. The molecule has 0 amide bonds. The molecule has 3 aromatic rings. The lowest BCUT2D eigenvalue weighted by atomic mass is 10.0. The highest BCUT2D eigenvalue weighted by atomic mass is 32.1. The summed E-state index contributed by atoms with van der Waals surface area (Å²) in [6, 6.07) is 6.55. The van der Waals surface area contributed by atoms with E-state index in [9.17, 15) is 17.6 Å². The van der Waals surface area contributed by atoms with Crippen molar-refractivity contribution in [3.05, 3.63) is 48.0 Å². The highest BCUT2D eigenvalue weighted by Gasteiger charge is 2.35. The molecule has 0 unspecified atom stereocenters. The Morgan fingerprint density at radius 1 is 1.00 bits per heavy atom. The predicted octanol–water partition coefficient (Wildman–Crippen LogP) is 7.35. The molecule has 4 nitrogen and oxygen atoms in total. The third kappa shape index (κ3) is 6.18. The first-order valence-electron chi connectivity index (χ1n) is 10.5. The Bertz CT molecular complexity index is 1020. The minimum Gasteiger partial charge on any atom is -0.493 e. The maximum atomic E-state index is 13.8. The SMILES string of the molecule is CCCCCCCCOc1ccc(-c2sc(N)nc2-c2ccc(F)nc2)cc1C(F)(F)F. The second kappa shape index (κ2) is 10.8. The average molecular weight is 468 g/mol. The second-order valence-electron chi connectivity index (χ2n) is 7.42. The fraction of sp³-hybridized carbons (Fsp3) is 0.391. The Labute approximate surface area is 188 Å². The number of hydrogen-bond acceptors (Lipinski definition) is 5. The Morgan fingerprint density at radius 2 is 1.72 bits per heavy atom. The van der Waals surface area contributed by atoms with Crippen molar-refractivity contribution in [3.8, 4) is 27.4 Å². The number of hydrogen-bond donors (Lipinski definition) is 1. The van der Waals surface area contributed by atoms with Gasteiger partial charge in [0.1, 0.15) is 5.75 Å². The Balaban J connectivity index is 1.83. The highest BCUT2D eigenvalue weighted by Crippen LogP contribution is 2.43. The van der Waals surface area contributed by atoms with Crippen LogP contribution in [0.4, 0.5) is 22.7 Å². The quantitative estimate of drug-likeness (QED) is 0.192. The Hall–Kier alpha value is -2.68. The summed E-state index contributed by atoms with van der Waals surface area (Å²) in [4.78, 5) is 8.25. The van der Waals surface area contributed by atoms with Crippen molar-refractivity contribution in [2.24, 2.45) is 0 Å². The van der Waals surface area contributed by atoms with Crippen LogP contribution in [0.2, 0.25) is 0 Å². The number of thiazole rings is 1. The predicted molar refractivity (Wildman–Crippen MR) is 119 cm³/mol. The van der Waals surface area contributed by atoms with Crippen molar-refractivity contribution in [1.82, 2.24) is 9.97 Å². The van der Waals surface area contributed by atoms with Gasteiger partial charge in [0, 0.05) is 11.8 Å². The van der Waals surface area contributed by atoms with Crippen molar-refractivity contribution in [1.29, 1.82) is 0 Å².